The molecule has 1 aromatic carbocycles. The summed E-state index contributed by atoms with van der Waals surface area (Å²) < 4.78 is 19.2. The van der Waals surface area contributed by atoms with Gasteiger partial charge in [-0.3, -0.25) is 0 Å². The summed E-state index contributed by atoms with van der Waals surface area (Å²) in [7, 11) is 0. The number of hydrogen-bond donors (Lipinski definition) is 1. The molecule has 0 saturated heterocycles. The Kier molecular flexibility index (Phi) is 4.47. The Bertz CT molecular complexity index is 484. The van der Waals surface area contributed by atoms with Gasteiger partial charge in [0.25, 0.3) is 0 Å². The highest BCUT2D eigenvalue weighted by Gasteiger charge is 2.17. The molecule has 18 heavy (non-hydrogen) atoms. The molecule has 0 spiro atoms. The van der Waals surface area contributed by atoms with Crippen LogP contribution in [0.4, 0.5) is 4.39 Å². The highest BCUT2D eigenvalue weighted by molar-refractivity contribution is 7.07. The van der Waals surface area contributed by atoms with Gasteiger partial charge in [0.2, 0.25) is 0 Å². The van der Waals surface area contributed by atoms with Gasteiger partial charge in [-0.15, -0.1) is 0 Å². The molecule has 2 nitrogen and oxygen atoms in total. The van der Waals surface area contributed by atoms with E-state index in [2.05, 4.69) is 0 Å². The number of ether oxygens (including phenoxy) is 1. The van der Waals surface area contributed by atoms with Crippen molar-refractivity contribution in [2.24, 2.45) is 5.73 Å². The van der Waals surface area contributed by atoms with Crippen molar-refractivity contribution < 1.29 is 9.13 Å². The molecule has 0 aliphatic heterocycles. The molecule has 0 aliphatic carbocycles. The Balaban J connectivity index is 2.05. The van der Waals surface area contributed by atoms with Crippen molar-refractivity contribution >= 4 is 11.3 Å². The molecule has 0 amide bonds. The van der Waals surface area contributed by atoms with Gasteiger partial charge in [-0.05, 0) is 35.4 Å². The van der Waals surface area contributed by atoms with Crippen molar-refractivity contribution in [1.82, 2.24) is 0 Å². The predicted molar refractivity (Wildman–Crippen MR) is 71.9 cm³/mol. The summed E-state index contributed by atoms with van der Waals surface area (Å²) in [5.41, 5.74) is 7.52. The topological polar surface area (TPSA) is 35.2 Å². The molecular weight excluding hydrogens is 249 g/mol. The molecule has 0 radical (unpaired) electrons. The van der Waals surface area contributed by atoms with Crippen LogP contribution in [0.25, 0.3) is 0 Å². The van der Waals surface area contributed by atoms with Gasteiger partial charge in [0.05, 0.1) is 12.7 Å². The molecular formula is C14H16FNOS. The molecule has 0 fully saturated rings. The third-order valence-corrected chi connectivity index (χ3v) is 3.43. The zero-order valence-corrected chi connectivity index (χ0v) is 11.0. The standard InChI is InChI=1S/C14H16FNOS/c1-10(16)14(12-6-7-18-9-12)17-8-11-4-2-3-5-13(11)15/h2-7,9-10,14H,8,16H2,1H3. The van der Waals surface area contributed by atoms with E-state index in [-0.39, 0.29) is 24.6 Å². The third-order valence-electron chi connectivity index (χ3n) is 2.73. The number of hydrogen-bond acceptors (Lipinski definition) is 3. The van der Waals surface area contributed by atoms with Crippen LogP contribution in [0.2, 0.25) is 0 Å². The second kappa shape index (κ2) is 6.09. The molecule has 2 N–H and O–H groups in total. The molecule has 0 aliphatic rings. The minimum atomic E-state index is -0.244. The molecule has 96 valence electrons. The zero-order valence-electron chi connectivity index (χ0n) is 10.2. The van der Waals surface area contributed by atoms with Gasteiger partial charge in [0.15, 0.2) is 0 Å². The first-order valence-corrected chi connectivity index (χ1v) is 6.75. The molecule has 1 heterocycles. The molecule has 0 saturated carbocycles. The first-order valence-electron chi connectivity index (χ1n) is 5.81. The van der Waals surface area contributed by atoms with Gasteiger partial charge < -0.3 is 10.5 Å². The molecule has 1 aromatic heterocycles. The third kappa shape index (κ3) is 3.16. The van der Waals surface area contributed by atoms with Crippen LogP contribution in [-0.4, -0.2) is 6.04 Å². The van der Waals surface area contributed by atoms with E-state index in [1.165, 1.54) is 6.07 Å². The molecule has 0 bridgehead atoms. The van der Waals surface area contributed by atoms with Gasteiger partial charge in [-0.2, -0.15) is 11.3 Å². The maximum Gasteiger partial charge on any atom is 0.128 e. The Morgan fingerprint density at radius 2 is 2.11 bits per heavy atom. The van der Waals surface area contributed by atoms with Gasteiger partial charge in [-0.1, -0.05) is 18.2 Å². The van der Waals surface area contributed by atoms with Crippen LogP contribution in [0, 0.1) is 5.82 Å². The molecule has 2 aromatic rings. The van der Waals surface area contributed by atoms with E-state index >= 15 is 0 Å². The lowest BCUT2D eigenvalue weighted by Crippen LogP contribution is -2.26. The highest BCUT2D eigenvalue weighted by Crippen LogP contribution is 2.24. The summed E-state index contributed by atoms with van der Waals surface area (Å²) in [4.78, 5) is 0. The van der Waals surface area contributed by atoms with Gasteiger partial charge in [0.1, 0.15) is 5.82 Å². The fraction of sp³-hybridized carbons (Fsp3) is 0.286. The van der Waals surface area contributed by atoms with Crippen LogP contribution in [0.3, 0.4) is 0 Å². The smallest absolute Gasteiger partial charge is 0.128 e. The summed E-state index contributed by atoms with van der Waals surface area (Å²) in [5.74, 6) is -0.244. The SMILES string of the molecule is CC(N)C(OCc1ccccc1F)c1ccsc1. The lowest BCUT2D eigenvalue weighted by atomic mass is 10.1. The summed E-state index contributed by atoms with van der Waals surface area (Å²) in [6.45, 7) is 2.12. The number of thiophene rings is 1. The zero-order chi connectivity index (χ0) is 13.0. The summed E-state index contributed by atoms with van der Waals surface area (Å²) in [5, 5.41) is 3.99. The minimum absolute atomic E-state index is 0.133. The second-order valence-electron chi connectivity index (χ2n) is 4.24. The van der Waals surface area contributed by atoms with Crippen LogP contribution in [-0.2, 0) is 11.3 Å². The molecule has 2 atom stereocenters. The lowest BCUT2D eigenvalue weighted by Gasteiger charge is -2.20. The number of nitrogens with two attached hydrogens (primary N) is 1. The van der Waals surface area contributed by atoms with Crippen molar-refractivity contribution in [2.75, 3.05) is 0 Å². The van der Waals surface area contributed by atoms with E-state index in [4.69, 9.17) is 10.5 Å². The minimum Gasteiger partial charge on any atom is -0.367 e. The Morgan fingerprint density at radius 1 is 1.33 bits per heavy atom. The van der Waals surface area contributed by atoms with Gasteiger partial charge in [0, 0.05) is 11.6 Å². The first-order chi connectivity index (χ1) is 8.68. The summed E-state index contributed by atoms with van der Waals surface area (Å²) >= 11 is 1.60. The predicted octanol–water partition coefficient (Wildman–Crippen LogP) is 3.49. The highest BCUT2D eigenvalue weighted by atomic mass is 32.1. The fourth-order valence-electron chi connectivity index (χ4n) is 1.78. The van der Waals surface area contributed by atoms with Crippen molar-refractivity contribution in [2.45, 2.75) is 25.7 Å². The van der Waals surface area contributed by atoms with Crippen molar-refractivity contribution in [3.63, 3.8) is 0 Å². The van der Waals surface area contributed by atoms with Crippen LogP contribution >= 0.6 is 11.3 Å². The maximum atomic E-state index is 13.5. The van der Waals surface area contributed by atoms with Crippen LogP contribution in [0.15, 0.2) is 41.1 Å². The van der Waals surface area contributed by atoms with E-state index in [1.807, 2.05) is 23.8 Å². The van der Waals surface area contributed by atoms with Crippen molar-refractivity contribution in [3.8, 4) is 0 Å². The normalized spacial score (nSPS) is 14.4. The largest absolute Gasteiger partial charge is 0.367 e. The van der Waals surface area contributed by atoms with Crippen LogP contribution in [0.5, 0.6) is 0 Å². The van der Waals surface area contributed by atoms with E-state index in [0.717, 1.165) is 5.56 Å². The Hall–Kier alpha value is -1.23. The summed E-state index contributed by atoms with van der Waals surface area (Å²) in [6.07, 6.45) is -0.198. The average molecular weight is 265 g/mol. The van der Waals surface area contributed by atoms with Crippen molar-refractivity contribution in [1.29, 1.82) is 0 Å². The van der Waals surface area contributed by atoms with Crippen LogP contribution in [0.1, 0.15) is 24.2 Å². The van der Waals surface area contributed by atoms with Crippen LogP contribution < -0.4 is 5.73 Å². The first kappa shape index (κ1) is 13.2. The maximum absolute atomic E-state index is 13.5. The fourth-order valence-corrected chi connectivity index (χ4v) is 2.47. The number of benzene rings is 1. The number of rotatable bonds is 5. The summed E-state index contributed by atoms with van der Waals surface area (Å²) in [6, 6.07) is 8.48. The average Bonchev–Trinajstić information content (AvgIpc) is 2.85. The number of halogens is 1. The molecule has 4 heteroatoms. The second-order valence-corrected chi connectivity index (χ2v) is 5.02. The van der Waals surface area contributed by atoms with Crippen molar-refractivity contribution in [3.05, 3.63) is 58.0 Å². The van der Waals surface area contributed by atoms with E-state index < -0.39 is 0 Å². The Morgan fingerprint density at radius 3 is 2.72 bits per heavy atom. The Labute approximate surface area is 110 Å². The quantitative estimate of drug-likeness (QED) is 0.898. The van der Waals surface area contributed by atoms with E-state index in [1.54, 1.807) is 29.5 Å². The lowest BCUT2D eigenvalue weighted by molar-refractivity contribution is 0.0247. The van der Waals surface area contributed by atoms with Gasteiger partial charge >= 0.3 is 0 Å². The monoisotopic (exact) mass is 265 g/mol. The molecule has 2 rings (SSSR count). The van der Waals surface area contributed by atoms with Gasteiger partial charge in [-0.25, -0.2) is 4.39 Å². The van der Waals surface area contributed by atoms with E-state index in [0.29, 0.717) is 5.56 Å². The molecule has 2 unspecified atom stereocenters. The van der Waals surface area contributed by atoms with E-state index in [9.17, 15) is 4.39 Å².